The highest BCUT2D eigenvalue weighted by molar-refractivity contribution is 6.31. The van der Waals surface area contributed by atoms with Crippen LogP contribution in [-0.2, 0) is 14.3 Å². The molecule has 2 atom stereocenters. The van der Waals surface area contributed by atoms with Crippen molar-refractivity contribution in [2.75, 3.05) is 5.32 Å². The summed E-state index contributed by atoms with van der Waals surface area (Å²) in [6, 6.07) is 14.2. The van der Waals surface area contributed by atoms with Crippen LogP contribution in [0.5, 0.6) is 5.75 Å². The molecule has 2 rings (SSSR count). The van der Waals surface area contributed by atoms with E-state index >= 15 is 0 Å². The van der Waals surface area contributed by atoms with Gasteiger partial charge in [0, 0.05) is 10.7 Å². The van der Waals surface area contributed by atoms with Gasteiger partial charge in [-0.25, -0.2) is 4.79 Å². The first-order valence-electron chi connectivity index (χ1n) is 8.40. The van der Waals surface area contributed by atoms with E-state index in [0.717, 1.165) is 5.56 Å². The molecule has 0 aliphatic rings. The number of anilines is 1. The summed E-state index contributed by atoms with van der Waals surface area (Å²) in [5.74, 6) is -0.442. The van der Waals surface area contributed by atoms with Crippen LogP contribution in [0.25, 0.3) is 0 Å². The van der Waals surface area contributed by atoms with Crippen LogP contribution in [0, 0.1) is 6.92 Å². The Balaban J connectivity index is 1.96. The number of hydrogen-bond donors (Lipinski definition) is 1. The summed E-state index contributed by atoms with van der Waals surface area (Å²) in [5, 5.41) is 3.27. The maximum absolute atomic E-state index is 12.3. The van der Waals surface area contributed by atoms with Crippen LogP contribution in [0.3, 0.4) is 0 Å². The van der Waals surface area contributed by atoms with Gasteiger partial charge in [0.15, 0.2) is 12.2 Å². The second-order valence-electron chi connectivity index (χ2n) is 5.81. The fourth-order valence-corrected chi connectivity index (χ4v) is 2.42. The van der Waals surface area contributed by atoms with Crippen molar-refractivity contribution >= 4 is 29.2 Å². The zero-order chi connectivity index (χ0) is 19.1. The predicted molar refractivity (Wildman–Crippen MR) is 102 cm³/mol. The molecule has 1 N–H and O–H groups in total. The molecule has 0 unspecified atom stereocenters. The molecular weight excluding hydrogens is 354 g/mol. The quantitative estimate of drug-likeness (QED) is 0.729. The van der Waals surface area contributed by atoms with Crippen molar-refractivity contribution in [1.82, 2.24) is 0 Å². The highest BCUT2D eigenvalue weighted by Gasteiger charge is 2.25. The number of carbonyl (C=O) groups is 2. The van der Waals surface area contributed by atoms with Crippen LogP contribution in [0.4, 0.5) is 5.69 Å². The van der Waals surface area contributed by atoms with Gasteiger partial charge in [-0.05, 0) is 50.1 Å². The number of hydrogen-bond acceptors (Lipinski definition) is 4. The third kappa shape index (κ3) is 5.23. The van der Waals surface area contributed by atoms with Crippen LogP contribution in [0.15, 0.2) is 48.5 Å². The zero-order valence-corrected chi connectivity index (χ0v) is 15.7. The summed E-state index contributed by atoms with van der Waals surface area (Å²) in [5.41, 5.74) is 1.33. The molecule has 138 valence electrons. The van der Waals surface area contributed by atoms with Gasteiger partial charge in [-0.3, -0.25) is 4.79 Å². The van der Waals surface area contributed by atoms with Crippen LogP contribution < -0.4 is 10.1 Å². The van der Waals surface area contributed by atoms with Gasteiger partial charge < -0.3 is 14.8 Å². The molecule has 0 aliphatic heterocycles. The molecule has 0 bridgehead atoms. The zero-order valence-electron chi connectivity index (χ0n) is 15.0. The molecule has 2 aromatic carbocycles. The first-order valence-corrected chi connectivity index (χ1v) is 8.78. The van der Waals surface area contributed by atoms with E-state index in [0.29, 0.717) is 22.9 Å². The van der Waals surface area contributed by atoms with E-state index < -0.39 is 24.1 Å². The molecule has 0 saturated carbocycles. The third-order valence-electron chi connectivity index (χ3n) is 3.84. The number of rotatable bonds is 7. The normalized spacial score (nSPS) is 12.8. The van der Waals surface area contributed by atoms with Gasteiger partial charge >= 0.3 is 5.97 Å². The minimum atomic E-state index is -0.964. The molecule has 0 heterocycles. The minimum absolute atomic E-state index is 0.426. The van der Waals surface area contributed by atoms with Crippen molar-refractivity contribution < 1.29 is 19.1 Å². The number of benzene rings is 2. The average molecular weight is 376 g/mol. The number of halogens is 1. The van der Waals surface area contributed by atoms with Gasteiger partial charge in [0.1, 0.15) is 5.75 Å². The molecule has 0 saturated heterocycles. The van der Waals surface area contributed by atoms with Crippen LogP contribution in [0.2, 0.25) is 5.02 Å². The largest absolute Gasteiger partial charge is 0.479 e. The van der Waals surface area contributed by atoms with Crippen molar-refractivity contribution in [1.29, 1.82) is 0 Å². The molecule has 1 amide bonds. The van der Waals surface area contributed by atoms with Crippen molar-refractivity contribution in [3.05, 3.63) is 59.1 Å². The summed E-state index contributed by atoms with van der Waals surface area (Å²) < 4.78 is 10.9. The minimum Gasteiger partial charge on any atom is -0.479 e. The van der Waals surface area contributed by atoms with E-state index in [1.165, 1.54) is 6.92 Å². The van der Waals surface area contributed by atoms with Crippen molar-refractivity contribution in [3.8, 4) is 5.75 Å². The topological polar surface area (TPSA) is 64.6 Å². The Morgan fingerprint density at radius 1 is 1.12 bits per heavy atom. The maximum atomic E-state index is 12.3. The van der Waals surface area contributed by atoms with Crippen molar-refractivity contribution in [2.24, 2.45) is 0 Å². The van der Waals surface area contributed by atoms with Gasteiger partial charge in [-0.1, -0.05) is 42.8 Å². The van der Waals surface area contributed by atoms with Crippen LogP contribution in [-0.4, -0.2) is 24.1 Å². The van der Waals surface area contributed by atoms with Gasteiger partial charge in [0.05, 0.1) is 0 Å². The molecule has 26 heavy (non-hydrogen) atoms. The Hall–Kier alpha value is -2.53. The molecule has 2 aromatic rings. The lowest BCUT2D eigenvalue weighted by Gasteiger charge is -2.20. The highest BCUT2D eigenvalue weighted by Crippen LogP contribution is 2.23. The Labute approximate surface area is 158 Å². The maximum Gasteiger partial charge on any atom is 0.348 e. The lowest BCUT2D eigenvalue weighted by molar-refractivity contribution is -0.160. The van der Waals surface area contributed by atoms with Gasteiger partial charge in [-0.2, -0.15) is 0 Å². The predicted octanol–water partition coefficient (Wildman–Crippen LogP) is 4.38. The molecule has 0 spiro atoms. The van der Waals surface area contributed by atoms with Crippen molar-refractivity contribution in [2.45, 2.75) is 39.4 Å². The summed E-state index contributed by atoms with van der Waals surface area (Å²) >= 11 is 6.05. The fourth-order valence-electron chi connectivity index (χ4n) is 2.24. The second kappa shape index (κ2) is 9.25. The van der Waals surface area contributed by atoms with E-state index in [1.54, 1.807) is 37.3 Å². The first-order chi connectivity index (χ1) is 12.4. The van der Waals surface area contributed by atoms with E-state index in [1.807, 2.05) is 25.1 Å². The molecule has 0 aliphatic carbocycles. The standard InChI is InChI=1S/C20H22ClNO4/c1-4-18(26-15-9-6-5-7-10-15)20(24)25-14(3)19(23)22-17-12-8-11-16(21)13(17)2/h5-12,14,18H,4H2,1-3H3,(H,22,23)/t14-,18+/m0/s1. The molecule has 0 aromatic heterocycles. The summed E-state index contributed by atoms with van der Waals surface area (Å²) in [6.45, 7) is 5.13. The SMILES string of the molecule is CC[C@@H](Oc1ccccc1)C(=O)O[C@@H](C)C(=O)Nc1cccc(Cl)c1C. The summed E-state index contributed by atoms with van der Waals surface area (Å²) in [4.78, 5) is 24.6. The summed E-state index contributed by atoms with van der Waals surface area (Å²) in [6.07, 6.45) is -1.31. The number of nitrogens with one attached hydrogen (secondary N) is 1. The average Bonchev–Trinajstić information content (AvgIpc) is 2.64. The lowest BCUT2D eigenvalue weighted by atomic mass is 10.2. The Morgan fingerprint density at radius 2 is 1.81 bits per heavy atom. The smallest absolute Gasteiger partial charge is 0.348 e. The fraction of sp³-hybridized carbons (Fsp3) is 0.300. The van der Waals surface area contributed by atoms with E-state index in [4.69, 9.17) is 21.1 Å². The highest BCUT2D eigenvalue weighted by atomic mass is 35.5. The number of esters is 1. The van der Waals surface area contributed by atoms with Crippen molar-refractivity contribution in [3.63, 3.8) is 0 Å². The molecule has 0 radical (unpaired) electrons. The molecule has 5 nitrogen and oxygen atoms in total. The Bertz CT molecular complexity index is 764. The lowest BCUT2D eigenvalue weighted by Crippen LogP contribution is -2.36. The number of ether oxygens (including phenoxy) is 2. The van der Waals surface area contributed by atoms with E-state index in [2.05, 4.69) is 5.32 Å². The van der Waals surface area contributed by atoms with E-state index in [-0.39, 0.29) is 0 Å². The van der Waals surface area contributed by atoms with E-state index in [9.17, 15) is 9.59 Å². The Kier molecular flexibility index (Phi) is 7.04. The van der Waals surface area contributed by atoms with Crippen LogP contribution in [0.1, 0.15) is 25.8 Å². The molecular formula is C20H22ClNO4. The molecule has 6 heteroatoms. The van der Waals surface area contributed by atoms with Gasteiger partial charge in [0.25, 0.3) is 5.91 Å². The Morgan fingerprint density at radius 3 is 2.46 bits per heavy atom. The third-order valence-corrected chi connectivity index (χ3v) is 4.25. The number of para-hydroxylation sites is 1. The number of carbonyl (C=O) groups excluding carboxylic acids is 2. The van der Waals surface area contributed by atoms with Gasteiger partial charge in [-0.15, -0.1) is 0 Å². The monoisotopic (exact) mass is 375 g/mol. The van der Waals surface area contributed by atoms with Gasteiger partial charge in [0.2, 0.25) is 0 Å². The number of amides is 1. The molecule has 0 fully saturated rings. The summed E-state index contributed by atoms with van der Waals surface area (Å²) in [7, 11) is 0. The second-order valence-corrected chi connectivity index (χ2v) is 6.22. The first kappa shape index (κ1) is 19.8. The van der Waals surface area contributed by atoms with Crippen LogP contribution >= 0.6 is 11.6 Å².